The van der Waals surface area contributed by atoms with Crippen molar-refractivity contribution in [2.45, 2.75) is 45.9 Å². The lowest BCUT2D eigenvalue weighted by Crippen LogP contribution is -2.29. The number of carbonyl (C=O) groups is 1. The summed E-state index contributed by atoms with van der Waals surface area (Å²) >= 11 is 0. The van der Waals surface area contributed by atoms with E-state index in [1.54, 1.807) is 20.8 Å². The first-order chi connectivity index (χ1) is 5.78. The van der Waals surface area contributed by atoms with E-state index in [1.165, 1.54) is 6.92 Å². The van der Waals surface area contributed by atoms with Gasteiger partial charge in [-0.15, -0.1) is 0 Å². The van der Waals surface area contributed by atoms with Gasteiger partial charge in [0.05, 0.1) is 0 Å². The molecule has 2 nitrogen and oxygen atoms in total. The molecule has 0 bridgehead atoms. The van der Waals surface area contributed by atoms with Crippen molar-refractivity contribution >= 4 is 5.97 Å². The topological polar surface area (TPSA) is 26.3 Å². The fraction of sp³-hybridized carbons (Fsp3) is 0.778. The molecule has 0 aliphatic rings. The number of alkyl halides is 1. The van der Waals surface area contributed by atoms with Crippen molar-refractivity contribution in [1.29, 1.82) is 0 Å². The third-order valence-electron chi connectivity index (χ3n) is 1.23. The van der Waals surface area contributed by atoms with Gasteiger partial charge in [-0.1, -0.05) is 6.92 Å². The SMILES string of the molecule is CCC(F)[C](F)C(=O)OC(C)(C)C. The summed E-state index contributed by atoms with van der Waals surface area (Å²) in [6, 6.07) is 0. The van der Waals surface area contributed by atoms with Crippen LogP contribution in [0.3, 0.4) is 0 Å². The van der Waals surface area contributed by atoms with Gasteiger partial charge in [0.1, 0.15) is 11.8 Å². The van der Waals surface area contributed by atoms with Crippen LogP contribution in [0.25, 0.3) is 0 Å². The van der Waals surface area contributed by atoms with E-state index in [2.05, 4.69) is 4.74 Å². The maximum atomic E-state index is 12.8. The van der Waals surface area contributed by atoms with Gasteiger partial charge in [-0.05, 0) is 27.2 Å². The fourth-order valence-corrected chi connectivity index (χ4v) is 0.634. The van der Waals surface area contributed by atoms with Crippen LogP contribution in [0.15, 0.2) is 0 Å². The monoisotopic (exact) mass is 193 g/mol. The Kier molecular flexibility index (Phi) is 4.30. The molecule has 0 amide bonds. The van der Waals surface area contributed by atoms with Crippen molar-refractivity contribution in [1.82, 2.24) is 0 Å². The van der Waals surface area contributed by atoms with Crippen molar-refractivity contribution in [3.63, 3.8) is 0 Å². The molecule has 0 spiro atoms. The summed E-state index contributed by atoms with van der Waals surface area (Å²) in [6.45, 7) is 6.24. The van der Waals surface area contributed by atoms with Crippen LogP contribution < -0.4 is 0 Å². The summed E-state index contributed by atoms with van der Waals surface area (Å²) in [5.41, 5.74) is -0.790. The minimum atomic E-state index is -1.85. The highest BCUT2D eigenvalue weighted by Gasteiger charge is 2.32. The van der Waals surface area contributed by atoms with E-state index in [0.717, 1.165) is 0 Å². The highest BCUT2D eigenvalue weighted by Crippen LogP contribution is 2.20. The molecule has 0 N–H and O–H groups in total. The number of rotatable bonds is 3. The summed E-state index contributed by atoms with van der Waals surface area (Å²) in [6.07, 6.45) is -3.27. The molecular formula is C9H15F2O2. The van der Waals surface area contributed by atoms with Crippen molar-refractivity contribution in [3.05, 3.63) is 6.17 Å². The van der Waals surface area contributed by atoms with E-state index in [9.17, 15) is 13.6 Å². The first kappa shape index (κ1) is 12.3. The second-order valence-corrected chi connectivity index (χ2v) is 3.73. The molecule has 77 valence electrons. The van der Waals surface area contributed by atoms with Gasteiger partial charge in [0.15, 0.2) is 0 Å². The second-order valence-electron chi connectivity index (χ2n) is 3.73. The maximum Gasteiger partial charge on any atom is 0.351 e. The number of hydrogen-bond acceptors (Lipinski definition) is 2. The summed E-state index contributed by atoms with van der Waals surface area (Å²) in [4.78, 5) is 10.9. The third kappa shape index (κ3) is 4.80. The molecule has 0 fully saturated rings. The molecule has 0 aliphatic carbocycles. The standard InChI is InChI=1S/C9H15F2O2/c1-5-6(10)7(11)8(12)13-9(2,3)4/h6H,5H2,1-4H3. The number of halogens is 2. The van der Waals surface area contributed by atoms with Gasteiger partial charge in [-0.2, -0.15) is 0 Å². The van der Waals surface area contributed by atoms with Crippen LogP contribution in [-0.4, -0.2) is 17.7 Å². The van der Waals surface area contributed by atoms with Crippen LogP contribution in [0.2, 0.25) is 0 Å². The van der Waals surface area contributed by atoms with Gasteiger partial charge < -0.3 is 4.74 Å². The first-order valence-electron chi connectivity index (χ1n) is 4.17. The Morgan fingerprint density at radius 2 is 1.92 bits per heavy atom. The van der Waals surface area contributed by atoms with E-state index < -0.39 is 23.9 Å². The Bertz CT molecular complexity index is 175. The highest BCUT2D eigenvalue weighted by molar-refractivity contribution is 5.83. The van der Waals surface area contributed by atoms with Gasteiger partial charge in [0.25, 0.3) is 6.17 Å². The zero-order chi connectivity index (χ0) is 10.6. The molecule has 1 radical (unpaired) electrons. The number of hydrogen-bond donors (Lipinski definition) is 0. The molecule has 4 heteroatoms. The molecule has 13 heavy (non-hydrogen) atoms. The van der Waals surface area contributed by atoms with Crippen LogP contribution in [0, 0.1) is 6.17 Å². The smallest absolute Gasteiger partial charge is 0.351 e. The summed E-state index contributed by atoms with van der Waals surface area (Å²) in [5.74, 6) is -1.21. The Morgan fingerprint density at radius 3 is 2.23 bits per heavy atom. The quantitative estimate of drug-likeness (QED) is 0.644. The van der Waals surface area contributed by atoms with Gasteiger partial charge >= 0.3 is 5.97 Å². The van der Waals surface area contributed by atoms with Crippen LogP contribution in [-0.2, 0) is 9.53 Å². The van der Waals surface area contributed by atoms with Gasteiger partial charge in [0.2, 0.25) is 0 Å². The molecule has 0 saturated heterocycles. The summed E-state index contributed by atoms with van der Waals surface area (Å²) in [7, 11) is 0. The van der Waals surface area contributed by atoms with E-state index >= 15 is 0 Å². The van der Waals surface area contributed by atoms with Gasteiger partial charge in [-0.3, -0.25) is 0 Å². The van der Waals surface area contributed by atoms with E-state index in [0.29, 0.717) is 0 Å². The Labute approximate surface area is 77.3 Å². The first-order valence-corrected chi connectivity index (χ1v) is 4.17. The number of ether oxygens (including phenoxy) is 1. The van der Waals surface area contributed by atoms with Crippen LogP contribution >= 0.6 is 0 Å². The minimum absolute atomic E-state index is 0.0644. The van der Waals surface area contributed by atoms with Crippen LogP contribution in [0.1, 0.15) is 34.1 Å². The van der Waals surface area contributed by atoms with Crippen molar-refractivity contribution in [3.8, 4) is 0 Å². The minimum Gasteiger partial charge on any atom is -0.457 e. The largest absolute Gasteiger partial charge is 0.457 e. The molecule has 0 aromatic heterocycles. The normalized spacial score (nSPS) is 14.4. The summed E-state index contributed by atoms with van der Waals surface area (Å²) in [5, 5.41) is 0. The molecule has 0 rings (SSSR count). The Hall–Kier alpha value is -0.670. The maximum absolute atomic E-state index is 12.8. The lowest BCUT2D eigenvalue weighted by Gasteiger charge is -2.21. The average molecular weight is 193 g/mol. The van der Waals surface area contributed by atoms with Gasteiger partial charge in [0, 0.05) is 0 Å². The Balaban J connectivity index is 4.12. The molecular weight excluding hydrogens is 178 g/mol. The molecule has 1 unspecified atom stereocenters. The predicted molar refractivity (Wildman–Crippen MR) is 45.4 cm³/mol. The van der Waals surface area contributed by atoms with Crippen LogP contribution in [0.5, 0.6) is 0 Å². The van der Waals surface area contributed by atoms with Crippen molar-refractivity contribution < 1.29 is 18.3 Å². The molecule has 0 heterocycles. The second kappa shape index (κ2) is 4.53. The van der Waals surface area contributed by atoms with E-state index in [1.807, 2.05) is 0 Å². The average Bonchev–Trinajstić information content (AvgIpc) is 1.98. The van der Waals surface area contributed by atoms with E-state index in [4.69, 9.17) is 0 Å². The molecule has 0 aliphatic heterocycles. The number of carbonyl (C=O) groups excluding carboxylic acids is 1. The van der Waals surface area contributed by atoms with Crippen molar-refractivity contribution in [2.24, 2.45) is 0 Å². The van der Waals surface area contributed by atoms with Crippen LogP contribution in [0.4, 0.5) is 8.78 Å². The predicted octanol–water partition coefficient (Wildman–Crippen LogP) is 2.58. The van der Waals surface area contributed by atoms with Gasteiger partial charge in [-0.25, -0.2) is 13.6 Å². The molecule has 0 saturated carbocycles. The number of esters is 1. The third-order valence-corrected chi connectivity index (χ3v) is 1.23. The zero-order valence-corrected chi connectivity index (χ0v) is 8.36. The highest BCUT2D eigenvalue weighted by atomic mass is 19.2. The fourth-order valence-electron chi connectivity index (χ4n) is 0.634. The molecule has 0 aromatic carbocycles. The molecule has 1 atom stereocenters. The van der Waals surface area contributed by atoms with Crippen molar-refractivity contribution in [2.75, 3.05) is 0 Å². The Morgan fingerprint density at radius 1 is 1.46 bits per heavy atom. The molecule has 0 aromatic rings. The zero-order valence-electron chi connectivity index (χ0n) is 8.36. The van der Waals surface area contributed by atoms with E-state index in [-0.39, 0.29) is 6.42 Å². The lowest BCUT2D eigenvalue weighted by atomic mass is 10.1. The summed E-state index contributed by atoms with van der Waals surface area (Å²) < 4.78 is 30.1. The lowest BCUT2D eigenvalue weighted by molar-refractivity contribution is -0.156.